The zero-order valence-electron chi connectivity index (χ0n) is 17.8. The van der Waals surface area contributed by atoms with E-state index in [1.165, 1.54) is 5.56 Å². The molecule has 2 rings (SSSR count). The molecular weight excluding hydrogens is 340 g/mol. The lowest BCUT2D eigenvalue weighted by Crippen LogP contribution is -2.53. The number of amides is 2. The van der Waals surface area contributed by atoms with Gasteiger partial charge in [-0.3, -0.25) is 14.5 Å². The molecule has 6 heteroatoms. The van der Waals surface area contributed by atoms with Gasteiger partial charge < -0.3 is 15.5 Å². The van der Waals surface area contributed by atoms with Crippen LogP contribution in [0.2, 0.25) is 0 Å². The second kappa shape index (κ2) is 11.0. The third kappa shape index (κ3) is 9.02. The van der Waals surface area contributed by atoms with Crippen LogP contribution < -0.4 is 10.6 Å². The fourth-order valence-electron chi connectivity index (χ4n) is 2.65. The van der Waals surface area contributed by atoms with E-state index in [0.717, 1.165) is 18.8 Å². The van der Waals surface area contributed by atoms with E-state index in [-0.39, 0.29) is 17.4 Å². The van der Waals surface area contributed by atoms with Crippen LogP contribution in [0.15, 0.2) is 24.3 Å². The van der Waals surface area contributed by atoms with E-state index < -0.39 is 0 Å². The Balaban J connectivity index is 0.00000176. The van der Waals surface area contributed by atoms with Gasteiger partial charge in [-0.1, -0.05) is 31.5 Å². The molecular formula is C21H36N4O2. The molecule has 0 radical (unpaired) electrons. The fraction of sp³-hybridized carbons (Fsp3) is 0.619. The molecule has 2 amide bonds. The van der Waals surface area contributed by atoms with Crippen molar-refractivity contribution in [1.29, 1.82) is 0 Å². The highest BCUT2D eigenvalue weighted by Crippen LogP contribution is 2.09. The smallest absolute Gasteiger partial charge is 0.238 e. The molecule has 0 aliphatic carbocycles. The number of nitrogens with one attached hydrogen (secondary N) is 2. The lowest BCUT2D eigenvalue weighted by atomic mass is 10.1. The molecule has 1 heterocycles. The lowest BCUT2D eigenvalue weighted by molar-refractivity contribution is -0.132. The van der Waals surface area contributed by atoms with Gasteiger partial charge >= 0.3 is 0 Å². The number of nitrogens with zero attached hydrogens (tertiary/aromatic N) is 2. The summed E-state index contributed by atoms with van der Waals surface area (Å²) in [7, 11) is 0. The fourth-order valence-corrected chi connectivity index (χ4v) is 2.65. The first-order chi connectivity index (χ1) is 12.7. The molecule has 6 nitrogen and oxygen atoms in total. The van der Waals surface area contributed by atoms with Gasteiger partial charge in [0.1, 0.15) is 0 Å². The normalized spacial score (nSPS) is 15.0. The van der Waals surface area contributed by atoms with Crippen molar-refractivity contribution >= 4 is 17.5 Å². The Bertz CT molecular complexity index is 585. The Labute approximate surface area is 164 Å². The minimum atomic E-state index is -0.0639. The highest BCUT2D eigenvalue weighted by molar-refractivity contribution is 5.92. The van der Waals surface area contributed by atoms with Gasteiger partial charge in [-0.15, -0.1) is 0 Å². The number of benzene rings is 1. The van der Waals surface area contributed by atoms with E-state index in [9.17, 15) is 9.59 Å². The minimum absolute atomic E-state index is 0.0157. The number of hydrogen-bond donors (Lipinski definition) is 2. The molecule has 1 saturated heterocycles. The molecule has 1 fully saturated rings. The summed E-state index contributed by atoms with van der Waals surface area (Å²) in [4.78, 5) is 28.3. The van der Waals surface area contributed by atoms with Crippen LogP contribution in [0.3, 0.4) is 0 Å². The highest BCUT2D eigenvalue weighted by Gasteiger charge is 2.23. The molecule has 1 aliphatic heterocycles. The van der Waals surface area contributed by atoms with Gasteiger partial charge in [0.2, 0.25) is 11.8 Å². The second-order valence-corrected chi connectivity index (χ2v) is 7.67. The van der Waals surface area contributed by atoms with Crippen molar-refractivity contribution < 1.29 is 9.59 Å². The number of piperazine rings is 1. The highest BCUT2D eigenvalue weighted by atomic mass is 16.2. The van der Waals surface area contributed by atoms with E-state index in [1.807, 2.05) is 70.7 Å². The second-order valence-electron chi connectivity index (χ2n) is 7.67. The first-order valence-corrected chi connectivity index (χ1v) is 9.85. The number of carbonyl (C=O) groups is 2. The van der Waals surface area contributed by atoms with Crippen LogP contribution in [0, 0.1) is 6.92 Å². The molecule has 0 bridgehead atoms. The Kier molecular flexibility index (Phi) is 9.46. The van der Waals surface area contributed by atoms with Crippen molar-refractivity contribution in [2.45, 2.75) is 47.1 Å². The maximum atomic E-state index is 12.2. The van der Waals surface area contributed by atoms with Gasteiger partial charge in [0.15, 0.2) is 0 Å². The van der Waals surface area contributed by atoms with Gasteiger partial charge in [-0.25, -0.2) is 0 Å². The Morgan fingerprint density at radius 3 is 2.07 bits per heavy atom. The molecule has 152 valence electrons. The lowest BCUT2D eigenvalue weighted by Gasteiger charge is -2.35. The van der Waals surface area contributed by atoms with Crippen LogP contribution in [0.4, 0.5) is 5.69 Å². The third-order valence-electron chi connectivity index (χ3n) is 4.20. The van der Waals surface area contributed by atoms with Gasteiger partial charge in [0.25, 0.3) is 0 Å². The molecule has 0 unspecified atom stereocenters. The van der Waals surface area contributed by atoms with Gasteiger partial charge in [0, 0.05) is 37.4 Å². The van der Waals surface area contributed by atoms with Crippen molar-refractivity contribution in [3.8, 4) is 0 Å². The summed E-state index contributed by atoms with van der Waals surface area (Å²) >= 11 is 0. The van der Waals surface area contributed by atoms with Crippen LogP contribution in [0.5, 0.6) is 0 Å². The average Bonchev–Trinajstić information content (AvgIpc) is 2.63. The summed E-state index contributed by atoms with van der Waals surface area (Å²) in [5.74, 6) is 0.108. The van der Waals surface area contributed by atoms with Crippen LogP contribution in [-0.4, -0.2) is 66.4 Å². The van der Waals surface area contributed by atoms with Gasteiger partial charge in [-0.2, -0.15) is 0 Å². The first kappa shape index (κ1) is 23.1. The number of carbonyl (C=O) groups excluding carboxylic acids is 2. The summed E-state index contributed by atoms with van der Waals surface area (Å²) in [6, 6.07) is 7.77. The van der Waals surface area contributed by atoms with Gasteiger partial charge in [-0.05, 0) is 39.8 Å². The summed E-state index contributed by atoms with van der Waals surface area (Å²) in [6.07, 6.45) is 0. The van der Waals surface area contributed by atoms with E-state index in [1.54, 1.807) is 0 Å². The summed E-state index contributed by atoms with van der Waals surface area (Å²) in [5.41, 5.74) is 1.92. The Hall–Kier alpha value is -1.92. The molecule has 1 aromatic carbocycles. The zero-order chi connectivity index (χ0) is 20.4. The van der Waals surface area contributed by atoms with E-state index >= 15 is 0 Å². The molecule has 1 aliphatic rings. The van der Waals surface area contributed by atoms with Crippen LogP contribution >= 0.6 is 0 Å². The van der Waals surface area contributed by atoms with Crippen LogP contribution in [0.1, 0.15) is 40.2 Å². The standard InChI is InChI=1S/C19H30N4O2.C2H6/c1-15-5-7-16(8-6-15)21-17(24)14-22-9-11-23(12-10-22)18(25)13-20-19(2,3)4;1-2/h5-8,20H,9-14H2,1-4H3,(H,21,24);1-2H3. The van der Waals surface area contributed by atoms with E-state index in [4.69, 9.17) is 0 Å². The van der Waals surface area contributed by atoms with Crippen LogP contribution in [0.25, 0.3) is 0 Å². The average molecular weight is 377 g/mol. The molecule has 0 saturated carbocycles. The van der Waals surface area contributed by atoms with Crippen molar-refractivity contribution in [2.24, 2.45) is 0 Å². The monoisotopic (exact) mass is 376 g/mol. The molecule has 27 heavy (non-hydrogen) atoms. The maximum Gasteiger partial charge on any atom is 0.238 e. The van der Waals surface area contributed by atoms with Crippen molar-refractivity contribution in [2.75, 3.05) is 44.6 Å². The summed E-state index contributed by atoms with van der Waals surface area (Å²) < 4.78 is 0. The predicted molar refractivity (Wildman–Crippen MR) is 112 cm³/mol. The maximum absolute atomic E-state index is 12.2. The topological polar surface area (TPSA) is 64.7 Å². The predicted octanol–water partition coefficient (Wildman–Crippen LogP) is 2.49. The number of aryl methyl sites for hydroxylation is 1. The van der Waals surface area contributed by atoms with Crippen molar-refractivity contribution in [3.63, 3.8) is 0 Å². The largest absolute Gasteiger partial charge is 0.339 e. The minimum Gasteiger partial charge on any atom is -0.339 e. The zero-order valence-corrected chi connectivity index (χ0v) is 17.8. The number of anilines is 1. The Morgan fingerprint density at radius 2 is 1.56 bits per heavy atom. The first-order valence-electron chi connectivity index (χ1n) is 9.85. The number of rotatable bonds is 5. The number of hydrogen-bond acceptors (Lipinski definition) is 4. The molecule has 2 N–H and O–H groups in total. The SMILES string of the molecule is CC.Cc1ccc(NC(=O)CN2CCN(C(=O)CNC(C)(C)C)CC2)cc1. The van der Waals surface area contributed by atoms with Gasteiger partial charge in [0.05, 0.1) is 13.1 Å². The molecule has 1 aromatic rings. The summed E-state index contributed by atoms with van der Waals surface area (Å²) in [5, 5.41) is 6.14. The summed E-state index contributed by atoms with van der Waals surface area (Å²) in [6.45, 7) is 15.7. The van der Waals surface area contributed by atoms with Crippen molar-refractivity contribution in [1.82, 2.24) is 15.1 Å². The van der Waals surface area contributed by atoms with Crippen molar-refractivity contribution in [3.05, 3.63) is 29.8 Å². The molecule has 0 aromatic heterocycles. The third-order valence-corrected chi connectivity index (χ3v) is 4.20. The Morgan fingerprint density at radius 1 is 1.00 bits per heavy atom. The van der Waals surface area contributed by atoms with Crippen LogP contribution in [-0.2, 0) is 9.59 Å². The van der Waals surface area contributed by atoms with E-state index in [0.29, 0.717) is 26.2 Å². The van der Waals surface area contributed by atoms with E-state index in [2.05, 4.69) is 15.5 Å². The molecule has 0 atom stereocenters. The quantitative estimate of drug-likeness (QED) is 0.829. The molecule has 0 spiro atoms.